The predicted molar refractivity (Wildman–Crippen MR) is 64.5 cm³/mol. The van der Waals surface area contributed by atoms with Crippen molar-refractivity contribution < 1.29 is 0 Å². The van der Waals surface area contributed by atoms with E-state index in [1.165, 1.54) is 25.7 Å². The van der Waals surface area contributed by atoms with Crippen LogP contribution in [0.3, 0.4) is 0 Å². The van der Waals surface area contributed by atoms with Gasteiger partial charge in [0.15, 0.2) is 0 Å². The first-order valence-electron chi connectivity index (χ1n) is 5.89. The summed E-state index contributed by atoms with van der Waals surface area (Å²) >= 11 is 0. The van der Waals surface area contributed by atoms with Crippen molar-refractivity contribution in [3.8, 4) is 0 Å². The summed E-state index contributed by atoms with van der Waals surface area (Å²) in [7, 11) is 0. The third-order valence-corrected chi connectivity index (χ3v) is 3.30. The van der Waals surface area contributed by atoms with Crippen LogP contribution in [0.1, 0.15) is 46.5 Å². The minimum atomic E-state index is 0.360. The van der Waals surface area contributed by atoms with Crippen molar-refractivity contribution in [3.05, 3.63) is 0 Å². The van der Waals surface area contributed by atoms with E-state index in [2.05, 4.69) is 36.5 Å². The Labute approximate surface area is 92.7 Å². The van der Waals surface area contributed by atoms with Crippen LogP contribution >= 0.6 is 0 Å². The zero-order valence-corrected chi connectivity index (χ0v) is 10.1. The maximum Gasteiger partial charge on any atom is 0.205 e. The molecule has 0 aromatic carbocycles. The van der Waals surface area contributed by atoms with E-state index in [9.17, 15) is 0 Å². The number of hydrogen-bond acceptors (Lipinski definition) is 2. The second-order valence-electron chi connectivity index (χ2n) is 4.82. The molecule has 0 aromatic rings. The molecular formula is C11H24N4. The average molecular weight is 212 g/mol. The zero-order valence-electron chi connectivity index (χ0n) is 10.1. The van der Waals surface area contributed by atoms with Crippen LogP contribution in [0.4, 0.5) is 0 Å². The fourth-order valence-electron chi connectivity index (χ4n) is 1.95. The van der Waals surface area contributed by atoms with Gasteiger partial charge in [0.05, 0.1) is 0 Å². The first-order valence-corrected chi connectivity index (χ1v) is 5.89. The van der Waals surface area contributed by atoms with E-state index in [4.69, 9.17) is 5.84 Å². The molecule has 0 saturated heterocycles. The van der Waals surface area contributed by atoms with Crippen molar-refractivity contribution in [2.45, 2.75) is 52.5 Å². The molecule has 4 nitrogen and oxygen atoms in total. The highest BCUT2D eigenvalue weighted by atomic mass is 15.3. The largest absolute Gasteiger partial charge is 0.353 e. The van der Waals surface area contributed by atoms with Crippen molar-refractivity contribution >= 4 is 5.96 Å². The summed E-state index contributed by atoms with van der Waals surface area (Å²) in [5.41, 5.74) is 3.08. The molecule has 1 fully saturated rings. The van der Waals surface area contributed by atoms with E-state index in [1.54, 1.807) is 0 Å². The third kappa shape index (κ3) is 3.38. The zero-order chi connectivity index (χ0) is 11.3. The normalized spacial score (nSPS) is 19.9. The van der Waals surface area contributed by atoms with Crippen molar-refractivity contribution in [2.24, 2.45) is 16.3 Å². The lowest BCUT2D eigenvalue weighted by Gasteiger charge is -2.40. The van der Waals surface area contributed by atoms with E-state index in [0.29, 0.717) is 17.4 Å². The molecule has 0 atom stereocenters. The lowest BCUT2D eigenvalue weighted by atomic mass is 9.67. The molecule has 0 amide bonds. The van der Waals surface area contributed by atoms with Crippen LogP contribution in [0.5, 0.6) is 0 Å². The number of hydrogen-bond donors (Lipinski definition) is 3. The summed E-state index contributed by atoms with van der Waals surface area (Å²) < 4.78 is 0. The van der Waals surface area contributed by atoms with Gasteiger partial charge in [-0.2, -0.15) is 0 Å². The average Bonchev–Trinajstić information content (AvgIpc) is 2.14. The summed E-state index contributed by atoms with van der Waals surface area (Å²) in [6, 6.07) is 0.360. The van der Waals surface area contributed by atoms with Crippen LogP contribution < -0.4 is 16.6 Å². The number of hydrazine groups is 1. The topological polar surface area (TPSA) is 62.4 Å². The van der Waals surface area contributed by atoms with E-state index >= 15 is 0 Å². The van der Waals surface area contributed by atoms with E-state index in [0.717, 1.165) is 6.54 Å². The second-order valence-corrected chi connectivity index (χ2v) is 4.82. The molecule has 1 aliphatic carbocycles. The molecule has 1 rings (SSSR count). The van der Waals surface area contributed by atoms with Gasteiger partial charge in [-0.25, -0.2) is 5.84 Å². The molecule has 0 unspecified atom stereocenters. The summed E-state index contributed by atoms with van der Waals surface area (Å²) in [6.45, 7) is 7.29. The van der Waals surface area contributed by atoms with Crippen LogP contribution in [-0.4, -0.2) is 18.5 Å². The van der Waals surface area contributed by atoms with E-state index in [1.807, 2.05) is 0 Å². The van der Waals surface area contributed by atoms with Gasteiger partial charge >= 0.3 is 0 Å². The molecule has 0 bridgehead atoms. The molecule has 4 N–H and O–H groups in total. The van der Waals surface area contributed by atoms with Gasteiger partial charge in [-0.15, -0.1) is 0 Å². The maximum atomic E-state index is 5.41. The Kier molecular flexibility index (Phi) is 4.39. The molecule has 4 heteroatoms. The van der Waals surface area contributed by atoms with Crippen LogP contribution in [0.2, 0.25) is 0 Å². The Morgan fingerprint density at radius 1 is 1.47 bits per heavy atom. The van der Waals surface area contributed by atoms with E-state index in [-0.39, 0.29) is 0 Å². The number of nitrogens with one attached hydrogen (secondary N) is 2. The fourth-order valence-corrected chi connectivity index (χ4v) is 1.95. The molecule has 1 saturated carbocycles. The van der Waals surface area contributed by atoms with Crippen molar-refractivity contribution in [1.29, 1.82) is 0 Å². The standard InChI is InChI=1S/C11H24N4/c1-4-11(6-5-7-11)8-13-10(15-12)14-9(2)3/h9H,4-8,12H2,1-3H3,(H2,13,14,15). The van der Waals surface area contributed by atoms with Gasteiger partial charge in [-0.3, -0.25) is 10.4 Å². The van der Waals surface area contributed by atoms with Gasteiger partial charge in [0, 0.05) is 12.6 Å². The molecule has 0 radical (unpaired) electrons. The highest BCUT2D eigenvalue weighted by Gasteiger charge is 2.34. The summed E-state index contributed by atoms with van der Waals surface area (Å²) in [5.74, 6) is 6.12. The van der Waals surface area contributed by atoms with Gasteiger partial charge in [0.2, 0.25) is 5.96 Å². The van der Waals surface area contributed by atoms with Crippen LogP contribution in [0.15, 0.2) is 4.99 Å². The summed E-state index contributed by atoms with van der Waals surface area (Å²) in [4.78, 5) is 4.52. The highest BCUT2D eigenvalue weighted by Crippen LogP contribution is 2.43. The van der Waals surface area contributed by atoms with Crippen LogP contribution in [0.25, 0.3) is 0 Å². The monoisotopic (exact) mass is 212 g/mol. The van der Waals surface area contributed by atoms with Gasteiger partial charge in [-0.1, -0.05) is 13.3 Å². The molecule has 1 aliphatic rings. The second kappa shape index (κ2) is 5.35. The number of guanidine groups is 1. The Balaban J connectivity index is 2.45. The molecular weight excluding hydrogens is 188 g/mol. The Morgan fingerprint density at radius 3 is 2.47 bits per heavy atom. The SMILES string of the molecule is CCC1(CN=C(NN)NC(C)C)CCC1. The molecule has 0 aromatic heterocycles. The first-order chi connectivity index (χ1) is 7.12. The number of rotatable bonds is 4. The number of nitrogens with zero attached hydrogens (tertiary/aromatic N) is 1. The smallest absolute Gasteiger partial charge is 0.205 e. The van der Waals surface area contributed by atoms with Crippen LogP contribution in [0, 0.1) is 5.41 Å². The number of nitrogens with two attached hydrogens (primary N) is 1. The quantitative estimate of drug-likeness (QED) is 0.285. The Hall–Kier alpha value is -0.770. The maximum absolute atomic E-state index is 5.41. The minimum absolute atomic E-state index is 0.360. The molecule has 0 aliphatic heterocycles. The van der Waals surface area contributed by atoms with Crippen molar-refractivity contribution in [1.82, 2.24) is 10.7 Å². The highest BCUT2D eigenvalue weighted by molar-refractivity contribution is 5.79. The van der Waals surface area contributed by atoms with Gasteiger partial charge in [0.25, 0.3) is 0 Å². The van der Waals surface area contributed by atoms with Crippen molar-refractivity contribution in [2.75, 3.05) is 6.54 Å². The summed E-state index contributed by atoms with van der Waals surface area (Å²) in [6.07, 6.45) is 5.20. The lowest BCUT2D eigenvalue weighted by Crippen LogP contribution is -2.45. The van der Waals surface area contributed by atoms with Crippen LogP contribution in [-0.2, 0) is 0 Å². The minimum Gasteiger partial charge on any atom is -0.353 e. The lowest BCUT2D eigenvalue weighted by molar-refractivity contribution is 0.139. The molecule has 88 valence electrons. The molecule has 15 heavy (non-hydrogen) atoms. The van der Waals surface area contributed by atoms with Gasteiger partial charge in [0.1, 0.15) is 0 Å². The molecule has 0 spiro atoms. The van der Waals surface area contributed by atoms with Crippen molar-refractivity contribution in [3.63, 3.8) is 0 Å². The Morgan fingerprint density at radius 2 is 2.13 bits per heavy atom. The number of aliphatic imine (C=N–C) groups is 1. The third-order valence-electron chi connectivity index (χ3n) is 3.30. The predicted octanol–water partition coefficient (Wildman–Crippen LogP) is 1.38. The van der Waals surface area contributed by atoms with Gasteiger partial charge in [-0.05, 0) is 38.5 Å². The van der Waals surface area contributed by atoms with E-state index < -0.39 is 0 Å². The first kappa shape index (κ1) is 12.3. The Bertz CT molecular complexity index is 213. The molecule has 0 heterocycles. The van der Waals surface area contributed by atoms with Gasteiger partial charge < -0.3 is 5.32 Å². The summed E-state index contributed by atoms with van der Waals surface area (Å²) in [5, 5.41) is 3.19. The fraction of sp³-hybridized carbons (Fsp3) is 0.909.